The number of nitrogens with zero attached hydrogens (tertiary/aromatic N) is 1. The summed E-state index contributed by atoms with van der Waals surface area (Å²) in [5, 5.41) is 12.6. The zero-order valence-corrected chi connectivity index (χ0v) is 11.7. The molecule has 2 N–H and O–H groups in total. The van der Waals surface area contributed by atoms with Crippen molar-refractivity contribution >= 4 is 0 Å². The minimum absolute atomic E-state index is 0.0187. The lowest BCUT2D eigenvalue weighted by Gasteiger charge is -2.28. The van der Waals surface area contributed by atoms with E-state index >= 15 is 0 Å². The summed E-state index contributed by atoms with van der Waals surface area (Å²) in [4.78, 5) is 1.82. The van der Waals surface area contributed by atoms with Crippen molar-refractivity contribution in [1.29, 1.82) is 0 Å². The third-order valence-electron chi connectivity index (χ3n) is 2.71. The number of alkyl halides is 2. The summed E-state index contributed by atoms with van der Waals surface area (Å²) in [7, 11) is 3.65. The van der Waals surface area contributed by atoms with Crippen LogP contribution in [0.4, 0.5) is 8.78 Å². The van der Waals surface area contributed by atoms with Gasteiger partial charge in [-0.15, -0.1) is 0 Å². The SMILES string of the molecule is CN(C)CC(C)(O)CNCC(F)(F)c1ccccc1. The minimum atomic E-state index is -2.94. The molecule has 0 radical (unpaired) electrons. The maximum atomic E-state index is 13.8. The van der Waals surface area contributed by atoms with Crippen LogP contribution in [-0.4, -0.2) is 49.3 Å². The van der Waals surface area contributed by atoms with Gasteiger partial charge in [0, 0.05) is 18.7 Å². The van der Waals surface area contributed by atoms with Crippen LogP contribution in [0.25, 0.3) is 0 Å². The van der Waals surface area contributed by atoms with Crippen LogP contribution in [-0.2, 0) is 5.92 Å². The second kappa shape index (κ2) is 6.41. The highest BCUT2D eigenvalue weighted by Gasteiger charge is 2.32. The van der Waals surface area contributed by atoms with Gasteiger partial charge in [-0.2, -0.15) is 8.78 Å². The maximum absolute atomic E-state index is 13.8. The fourth-order valence-electron chi connectivity index (χ4n) is 2.01. The van der Waals surface area contributed by atoms with Crippen molar-refractivity contribution in [2.75, 3.05) is 33.7 Å². The Hall–Kier alpha value is -1.04. The second-order valence-electron chi connectivity index (χ2n) is 5.41. The van der Waals surface area contributed by atoms with E-state index in [9.17, 15) is 13.9 Å². The van der Waals surface area contributed by atoms with E-state index < -0.39 is 18.1 Å². The lowest BCUT2D eigenvalue weighted by molar-refractivity contribution is -0.0153. The Balaban J connectivity index is 2.48. The fraction of sp³-hybridized carbons (Fsp3) is 0.571. The third-order valence-corrected chi connectivity index (χ3v) is 2.71. The molecule has 1 aromatic carbocycles. The van der Waals surface area contributed by atoms with Crippen LogP contribution < -0.4 is 5.32 Å². The van der Waals surface area contributed by atoms with E-state index in [1.54, 1.807) is 25.1 Å². The smallest absolute Gasteiger partial charge is 0.285 e. The van der Waals surface area contributed by atoms with E-state index in [0.717, 1.165) is 0 Å². The molecule has 1 atom stereocenters. The van der Waals surface area contributed by atoms with E-state index in [2.05, 4.69) is 5.32 Å². The Morgan fingerprint density at radius 1 is 1.16 bits per heavy atom. The Labute approximate surface area is 113 Å². The number of benzene rings is 1. The average Bonchev–Trinajstić information content (AvgIpc) is 2.27. The lowest BCUT2D eigenvalue weighted by Crippen LogP contribution is -2.47. The molecule has 0 aliphatic rings. The molecule has 0 spiro atoms. The van der Waals surface area contributed by atoms with E-state index in [1.807, 2.05) is 19.0 Å². The highest BCUT2D eigenvalue weighted by Crippen LogP contribution is 2.26. The molecule has 108 valence electrons. The molecule has 0 heterocycles. The molecule has 0 aliphatic carbocycles. The number of likely N-dealkylation sites (N-methyl/N-ethyl adjacent to an activating group) is 1. The number of hydrogen-bond donors (Lipinski definition) is 2. The molecule has 1 unspecified atom stereocenters. The standard InChI is InChI=1S/C14H22F2N2O/c1-13(19,11-18(2)3)9-17-10-14(15,16)12-7-5-4-6-8-12/h4-8,17,19H,9-11H2,1-3H3. The maximum Gasteiger partial charge on any atom is 0.285 e. The first-order chi connectivity index (χ1) is 8.73. The summed E-state index contributed by atoms with van der Waals surface area (Å²) >= 11 is 0. The molecule has 0 saturated heterocycles. The van der Waals surface area contributed by atoms with Gasteiger partial charge in [-0.05, 0) is 21.0 Å². The van der Waals surface area contributed by atoms with Crippen LogP contribution in [0, 0.1) is 0 Å². The van der Waals surface area contributed by atoms with Gasteiger partial charge in [0.05, 0.1) is 12.1 Å². The molecule has 0 aromatic heterocycles. The molecule has 0 aliphatic heterocycles. The van der Waals surface area contributed by atoms with Gasteiger partial charge in [-0.25, -0.2) is 0 Å². The van der Waals surface area contributed by atoms with Gasteiger partial charge in [-0.3, -0.25) is 0 Å². The predicted octanol–water partition coefficient (Wildman–Crippen LogP) is 1.68. The van der Waals surface area contributed by atoms with Gasteiger partial charge in [0.15, 0.2) is 0 Å². The van der Waals surface area contributed by atoms with Crippen molar-refractivity contribution in [2.45, 2.75) is 18.4 Å². The summed E-state index contributed by atoms with van der Waals surface area (Å²) in [6.07, 6.45) is 0. The number of halogens is 2. The number of nitrogens with one attached hydrogen (secondary N) is 1. The number of aliphatic hydroxyl groups is 1. The molecule has 0 fully saturated rings. The van der Waals surface area contributed by atoms with Gasteiger partial charge in [0.1, 0.15) is 0 Å². The van der Waals surface area contributed by atoms with Crippen LogP contribution in [0.5, 0.6) is 0 Å². The molecule has 1 aromatic rings. The first-order valence-electron chi connectivity index (χ1n) is 6.24. The van der Waals surface area contributed by atoms with Crippen molar-refractivity contribution in [3.8, 4) is 0 Å². The van der Waals surface area contributed by atoms with Gasteiger partial charge in [0.2, 0.25) is 0 Å². The molecule has 0 amide bonds. The summed E-state index contributed by atoms with van der Waals surface area (Å²) in [6.45, 7) is 1.67. The Bertz CT molecular complexity index is 380. The summed E-state index contributed by atoms with van der Waals surface area (Å²) < 4.78 is 27.7. The molecular weight excluding hydrogens is 250 g/mol. The normalized spacial score (nSPS) is 15.5. The first-order valence-corrected chi connectivity index (χ1v) is 6.24. The van der Waals surface area contributed by atoms with Crippen molar-refractivity contribution in [2.24, 2.45) is 0 Å². The van der Waals surface area contributed by atoms with Crippen LogP contribution in [0.2, 0.25) is 0 Å². The molecule has 0 bridgehead atoms. The molecule has 0 saturated carbocycles. The van der Waals surface area contributed by atoms with E-state index in [0.29, 0.717) is 6.54 Å². The molecule has 3 nitrogen and oxygen atoms in total. The second-order valence-corrected chi connectivity index (χ2v) is 5.41. The quantitative estimate of drug-likeness (QED) is 0.793. The summed E-state index contributed by atoms with van der Waals surface area (Å²) in [5.41, 5.74) is -1.05. The monoisotopic (exact) mass is 272 g/mol. The van der Waals surface area contributed by atoms with Crippen LogP contribution in [0.3, 0.4) is 0 Å². The number of rotatable bonds is 7. The van der Waals surface area contributed by atoms with Crippen molar-refractivity contribution in [1.82, 2.24) is 10.2 Å². The topological polar surface area (TPSA) is 35.5 Å². The zero-order valence-electron chi connectivity index (χ0n) is 11.7. The molecule has 1 rings (SSSR count). The first kappa shape index (κ1) is 16.0. The highest BCUT2D eigenvalue weighted by atomic mass is 19.3. The van der Waals surface area contributed by atoms with Gasteiger partial charge in [-0.1, -0.05) is 30.3 Å². The van der Waals surface area contributed by atoms with Crippen molar-refractivity contribution in [3.63, 3.8) is 0 Å². The average molecular weight is 272 g/mol. The van der Waals surface area contributed by atoms with Crippen LogP contribution in [0.15, 0.2) is 30.3 Å². The minimum Gasteiger partial charge on any atom is -0.388 e. The van der Waals surface area contributed by atoms with Gasteiger partial charge >= 0.3 is 0 Å². The Morgan fingerprint density at radius 3 is 2.26 bits per heavy atom. The molecular formula is C14H22F2N2O. The summed E-state index contributed by atoms with van der Waals surface area (Å²) in [5.74, 6) is -2.94. The summed E-state index contributed by atoms with van der Waals surface area (Å²) in [6, 6.07) is 7.69. The van der Waals surface area contributed by atoms with Crippen molar-refractivity contribution < 1.29 is 13.9 Å². The zero-order chi connectivity index (χ0) is 14.5. The van der Waals surface area contributed by atoms with E-state index in [1.165, 1.54) is 12.1 Å². The fourth-order valence-corrected chi connectivity index (χ4v) is 2.01. The van der Waals surface area contributed by atoms with Crippen LogP contribution >= 0.6 is 0 Å². The molecule has 19 heavy (non-hydrogen) atoms. The van der Waals surface area contributed by atoms with E-state index in [4.69, 9.17) is 0 Å². The highest BCUT2D eigenvalue weighted by molar-refractivity contribution is 5.20. The predicted molar refractivity (Wildman–Crippen MR) is 72.4 cm³/mol. The number of hydrogen-bond acceptors (Lipinski definition) is 3. The third kappa shape index (κ3) is 5.63. The van der Waals surface area contributed by atoms with Crippen molar-refractivity contribution in [3.05, 3.63) is 35.9 Å². The largest absolute Gasteiger partial charge is 0.388 e. The Morgan fingerprint density at radius 2 is 1.74 bits per heavy atom. The van der Waals surface area contributed by atoms with Crippen LogP contribution in [0.1, 0.15) is 12.5 Å². The Kier molecular flexibility index (Phi) is 5.40. The van der Waals surface area contributed by atoms with Gasteiger partial charge < -0.3 is 15.3 Å². The lowest BCUT2D eigenvalue weighted by atomic mass is 10.1. The molecule has 5 heteroatoms. The van der Waals surface area contributed by atoms with Gasteiger partial charge in [0.25, 0.3) is 5.92 Å². The van der Waals surface area contributed by atoms with E-state index in [-0.39, 0.29) is 12.1 Å².